The van der Waals surface area contributed by atoms with Gasteiger partial charge in [0.15, 0.2) is 23.3 Å². The predicted molar refractivity (Wildman–Crippen MR) is 75.6 cm³/mol. The summed E-state index contributed by atoms with van der Waals surface area (Å²) in [4.78, 5) is 12.0. The minimum absolute atomic E-state index is 0.0217. The molecule has 0 unspecified atom stereocenters. The third-order valence-electron chi connectivity index (χ3n) is 3.15. The molecule has 3 aromatic rings. The summed E-state index contributed by atoms with van der Waals surface area (Å²) in [6, 6.07) is 8.54. The van der Waals surface area contributed by atoms with Crippen LogP contribution in [0.25, 0.3) is 5.69 Å². The van der Waals surface area contributed by atoms with Crippen LogP contribution in [0.15, 0.2) is 42.7 Å². The molecule has 9 heteroatoms. The summed E-state index contributed by atoms with van der Waals surface area (Å²) in [6.45, 7) is 0. The molecular formula is C15H8F4N4O. The van der Waals surface area contributed by atoms with Crippen LogP contribution in [0.1, 0.15) is 10.4 Å². The van der Waals surface area contributed by atoms with Gasteiger partial charge in [0.25, 0.3) is 5.91 Å². The topological polar surface area (TPSA) is 59.8 Å². The molecule has 0 saturated heterocycles. The van der Waals surface area contributed by atoms with Crippen LogP contribution >= 0.6 is 0 Å². The molecule has 0 fully saturated rings. The van der Waals surface area contributed by atoms with Crippen LogP contribution in [0.5, 0.6) is 0 Å². The SMILES string of the molecule is O=C(Nc1nncn1-c1ccccc1)c1c(F)c(F)cc(F)c1F. The molecule has 0 bridgehead atoms. The molecule has 0 atom stereocenters. The standard InChI is InChI=1S/C15H8F4N4O/c16-9-6-10(17)13(19)11(12(9)18)14(24)21-15-22-20-7-23(15)8-4-2-1-3-5-8/h1-7H,(H,21,22,24). The first-order chi connectivity index (χ1) is 11.5. The van der Waals surface area contributed by atoms with Gasteiger partial charge in [0.1, 0.15) is 11.9 Å². The first-order valence-electron chi connectivity index (χ1n) is 6.59. The second kappa shape index (κ2) is 6.11. The number of amides is 1. The molecule has 1 heterocycles. The molecule has 0 radical (unpaired) electrons. The Balaban J connectivity index is 1.97. The van der Waals surface area contributed by atoms with Gasteiger partial charge in [-0.15, -0.1) is 10.2 Å². The fourth-order valence-corrected chi connectivity index (χ4v) is 2.03. The van der Waals surface area contributed by atoms with Crippen molar-refractivity contribution < 1.29 is 22.4 Å². The zero-order chi connectivity index (χ0) is 17.3. The van der Waals surface area contributed by atoms with Gasteiger partial charge in [0.2, 0.25) is 5.95 Å². The second-order valence-electron chi connectivity index (χ2n) is 4.66. The maximum absolute atomic E-state index is 13.7. The molecule has 1 aromatic heterocycles. The summed E-state index contributed by atoms with van der Waals surface area (Å²) in [5.41, 5.74) is -0.820. The number of aromatic nitrogens is 3. The number of para-hydroxylation sites is 1. The van der Waals surface area contributed by atoms with Crippen LogP contribution < -0.4 is 5.32 Å². The first-order valence-corrected chi connectivity index (χ1v) is 6.59. The smallest absolute Gasteiger partial charge is 0.264 e. The highest BCUT2D eigenvalue weighted by molar-refractivity contribution is 6.03. The molecule has 1 N–H and O–H groups in total. The normalized spacial score (nSPS) is 10.7. The van der Waals surface area contributed by atoms with E-state index in [0.29, 0.717) is 5.69 Å². The molecule has 122 valence electrons. The lowest BCUT2D eigenvalue weighted by atomic mass is 10.1. The van der Waals surface area contributed by atoms with Gasteiger partial charge in [-0.05, 0) is 12.1 Å². The summed E-state index contributed by atoms with van der Waals surface area (Å²) >= 11 is 0. The molecule has 0 aliphatic carbocycles. The van der Waals surface area contributed by atoms with E-state index in [0.717, 1.165) is 0 Å². The third-order valence-corrected chi connectivity index (χ3v) is 3.15. The van der Waals surface area contributed by atoms with E-state index in [4.69, 9.17) is 0 Å². The molecule has 24 heavy (non-hydrogen) atoms. The van der Waals surface area contributed by atoms with Crippen molar-refractivity contribution in [3.63, 3.8) is 0 Å². The maximum atomic E-state index is 13.7. The number of carbonyl (C=O) groups is 1. The Hall–Kier alpha value is -3.23. The zero-order valence-electron chi connectivity index (χ0n) is 11.8. The van der Waals surface area contributed by atoms with E-state index in [1.807, 2.05) is 0 Å². The van der Waals surface area contributed by atoms with Gasteiger partial charge >= 0.3 is 0 Å². The average molecular weight is 336 g/mol. The van der Waals surface area contributed by atoms with Gasteiger partial charge in [-0.25, -0.2) is 17.6 Å². The first kappa shape index (κ1) is 15.7. The highest BCUT2D eigenvalue weighted by atomic mass is 19.2. The molecule has 2 aromatic carbocycles. The quantitative estimate of drug-likeness (QED) is 0.591. The Bertz CT molecular complexity index is 885. The Kier molecular flexibility index (Phi) is 3.98. The molecule has 0 aliphatic heterocycles. The van der Waals surface area contributed by atoms with Crippen LogP contribution in [0, 0.1) is 23.3 Å². The number of rotatable bonds is 3. The number of benzene rings is 2. The maximum Gasteiger partial charge on any atom is 0.264 e. The van der Waals surface area contributed by atoms with Crippen molar-refractivity contribution in [1.82, 2.24) is 14.8 Å². The van der Waals surface area contributed by atoms with Crippen LogP contribution in [-0.4, -0.2) is 20.7 Å². The summed E-state index contributed by atoms with van der Waals surface area (Å²) in [7, 11) is 0. The zero-order valence-corrected chi connectivity index (χ0v) is 11.8. The lowest BCUT2D eigenvalue weighted by Crippen LogP contribution is -2.20. The summed E-state index contributed by atoms with van der Waals surface area (Å²) in [6.07, 6.45) is 1.25. The van der Waals surface area contributed by atoms with Gasteiger partial charge in [-0.1, -0.05) is 18.2 Å². The molecule has 0 saturated carbocycles. The van der Waals surface area contributed by atoms with Crippen molar-refractivity contribution in [3.05, 3.63) is 71.6 Å². The number of nitrogens with one attached hydrogen (secondary N) is 1. The van der Waals surface area contributed by atoms with E-state index >= 15 is 0 Å². The number of nitrogens with zero attached hydrogens (tertiary/aromatic N) is 3. The van der Waals surface area contributed by atoms with Crippen molar-refractivity contribution in [2.45, 2.75) is 0 Å². The van der Waals surface area contributed by atoms with E-state index in [-0.39, 0.29) is 12.0 Å². The molecule has 0 spiro atoms. The van der Waals surface area contributed by atoms with Crippen molar-refractivity contribution in [2.75, 3.05) is 5.32 Å². The van der Waals surface area contributed by atoms with Crippen molar-refractivity contribution >= 4 is 11.9 Å². The Morgan fingerprint density at radius 3 is 2.25 bits per heavy atom. The molecular weight excluding hydrogens is 328 g/mol. The van der Waals surface area contributed by atoms with Crippen LogP contribution in [0.4, 0.5) is 23.5 Å². The van der Waals surface area contributed by atoms with E-state index in [1.54, 1.807) is 30.3 Å². The number of anilines is 1. The minimum atomic E-state index is -1.79. The number of hydrogen-bond donors (Lipinski definition) is 1. The molecule has 3 rings (SSSR count). The number of hydrogen-bond acceptors (Lipinski definition) is 3. The van der Waals surface area contributed by atoms with Gasteiger partial charge in [-0.3, -0.25) is 14.7 Å². The van der Waals surface area contributed by atoms with Gasteiger partial charge in [-0.2, -0.15) is 0 Å². The lowest BCUT2D eigenvalue weighted by molar-refractivity contribution is 0.101. The summed E-state index contributed by atoms with van der Waals surface area (Å²) in [5, 5.41) is 9.28. The number of halogens is 4. The van der Waals surface area contributed by atoms with E-state index in [1.165, 1.54) is 10.9 Å². The van der Waals surface area contributed by atoms with Crippen LogP contribution in [0.2, 0.25) is 0 Å². The summed E-state index contributed by atoms with van der Waals surface area (Å²) in [5.74, 6) is -8.51. The lowest BCUT2D eigenvalue weighted by Gasteiger charge is -2.09. The summed E-state index contributed by atoms with van der Waals surface area (Å²) < 4.78 is 55.1. The van der Waals surface area contributed by atoms with E-state index in [2.05, 4.69) is 15.5 Å². The monoisotopic (exact) mass is 336 g/mol. The number of carbonyl (C=O) groups excluding carboxylic acids is 1. The average Bonchev–Trinajstić information content (AvgIpc) is 3.02. The third kappa shape index (κ3) is 2.71. The van der Waals surface area contributed by atoms with Crippen LogP contribution in [0.3, 0.4) is 0 Å². The highest BCUT2D eigenvalue weighted by Gasteiger charge is 2.26. The van der Waals surface area contributed by atoms with Crippen molar-refractivity contribution in [2.24, 2.45) is 0 Å². The Labute approximate surface area is 132 Å². The Morgan fingerprint density at radius 2 is 1.62 bits per heavy atom. The second-order valence-corrected chi connectivity index (χ2v) is 4.66. The van der Waals surface area contributed by atoms with Gasteiger partial charge in [0, 0.05) is 6.07 Å². The minimum Gasteiger partial charge on any atom is -0.290 e. The fraction of sp³-hybridized carbons (Fsp3) is 0. The highest BCUT2D eigenvalue weighted by Crippen LogP contribution is 2.21. The largest absolute Gasteiger partial charge is 0.290 e. The predicted octanol–water partition coefficient (Wildman–Crippen LogP) is 3.08. The molecule has 1 amide bonds. The fourth-order valence-electron chi connectivity index (χ4n) is 2.03. The van der Waals surface area contributed by atoms with E-state index in [9.17, 15) is 22.4 Å². The van der Waals surface area contributed by atoms with Crippen LogP contribution in [-0.2, 0) is 0 Å². The molecule has 5 nitrogen and oxygen atoms in total. The van der Waals surface area contributed by atoms with Crippen molar-refractivity contribution in [1.29, 1.82) is 0 Å². The van der Waals surface area contributed by atoms with Crippen molar-refractivity contribution in [3.8, 4) is 5.69 Å². The van der Waals surface area contributed by atoms with Gasteiger partial charge < -0.3 is 0 Å². The van der Waals surface area contributed by atoms with E-state index < -0.39 is 34.7 Å². The Morgan fingerprint density at radius 1 is 1.00 bits per heavy atom. The van der Waals surface area contributed by atoms with Gasteiger partial charge in [0.05, 0.1) is 5.69 Å². The molecule has 0 aliphatic rings.